The summed E-state index contributed by atoms with van der Waals surface area (Å²) < 4.78 is 5.89. The molecule has 0 saturated heterocycles. The number of aliphatic hydroxyl groups excluding tert-OH is 1. The van der Waals surface area contributed by atoms with E-state index in [9.17, 15) is 9.90 Å². The molecule has 1 rings (SSSR count). The van der Waals surface area contributed by atoms with E-state index in [0.29, 0.717) is 17.7 Å². The highest BCUT2D eigenvalue weighted by Gasteiger charge is 2.19. The van der Waals surface area contributed by atoms with Crippen LogP contribution in [0.15, 0.2) is 22.7 Å². The van der Waals surface area contributed by atoms with Gasteiger partial charge in [0.25, 0.3) is 0 Å². The number of methoxy groups -OCH3 is 1. The molecule has 0 radical (unpaired) electrons. The number of carbonyl (C=O) groups is 1. The molecule has 0 heterocycles. The SMILES string of the molecule is CCC(=O)C(O)c1cc(Br)ccc1OC. The molecule has 0 amide bonds. The highest BCUT2D eigenvalue weighted by Crippen LogP contribution is 2.29. The molecule has 0 aromatic heterocycles. The van der Waals surface area contributed by atoms with Crippen molar-refractivity contribution in [2.75, 3.05) is 7.11 Å². The van der Waals surface area contributed by atoms with Crippen LogP contribution in [0.1, 0.15) is 25.0 Å². The Morgan fingerprint density at radius 2 is 2.27 bits per heavy atom. The average Bonchev–Trinajstić information content (AvgIpc) is 2.27. The van der Waals surface area contributed by atoms with Crippen LogP contribution in [0.5, 0.6) is 5.75 Å². The van der Waals surface area contributed by atoms with Gasteiger partial charge in [0.05, 0.1) is 7.11 Å². The van der Waals surface area contributed by atoms with Gasteiger partial charge in [-0.1, -0.05) is 22.9 Å². The molecular weight excluding hydrogens is 260 g/mol. The fourth-order valence-electron chi connectivity index (χ4n) is 1.29. The topological polar surface area (TPSA) is 46.5 Å². The lowest BCUT2D eigenvalue weighted by Crippen LogP contribution is -2.11. The molecule has 0 aliphatic heterocycles. The van der Waals surface area contributed by atoms with Gasteiger partial charge in [-0.3, -0.25) is 4.79 Å². The highest BCUT2D eigenvalue weighted by atomic mass is 79.9. The van der Waals surface area contributed by atoms with Crippen LogP contribution in [-0.4, -0.2) is 18.0 Å². The summed E-state index contributed by atoms with van der Waals surface area (Å²) in [4.78, 5) is 11.4. The van der Waals surface area contributed by atoms with Gasteiger partial charge in [0.2, 0.25) is 0 Å². The molecule has 0 spiro atoms. The second-order valence-corrected chi connectivity index (χ2v) is 4.02. The smallest absolute Gasteiger partial charge is 0.165 e. The largest absolute Gasteiger partial charge is 0.496 e. The van der Waals surface area contributed by atoms with Gasteiger partial charge in [0.1, 0.15) is 11.9 Å². The summed E-state index contributed by atoms with van der Waals surface area (Å²) in [5.41, 5.74) is 0.499. The zero-order chi connectivity index (χ0) is 11.4. The number of hydrogen-bond acceptors (Lipinski definition) is 3. The van der Waals surface area contributed by atoms with Crippen molar-refractivity contribution in [1.82, 2.24) is 0 Å². The second-order valence-electron chi connectivity index (χ2n) is 3.11. The van der Waals surface area contributed by atoms with Crippen molar-refractivity contribution in [2.24, 2.45) is 0 Å². The van der Waals surface area contributed by atoms with Gasteiger partial charge < -0.3 is 9.84 Å². The molecule has 1 unspecified atom stereocenters. The first-order chi connectivity index (χ1) is 7.10. The summed E-state index contributed by atoms with van der Waals surface area (Å²) in [6.07, 6.45) is -0.806. The third kappa shape index (κ3) is 2.79. The molecule has 4 heteroatoms. The van der Waals surface area contributed by atoms with Crippen LogP contribution in [-0.2, 0) is 4.79 Å². The number of rotatable bonds is 4. The van der Waals surface area contributed by atoms with Crippen LogP contribution in [0.2, 0.25) is 0 Å². The third-order valence-electron chi connectivity index (χ3n) is 2.14. The number of Topliss-reactive ketones (excluding diaryl/α,β-unsaturated/α-hetero) is 1. The molecule has 1 N–H and O–H groups in total. The Balaban J connectivity index is 3.10. The molecule has 82 valence electrons. The van der Waals surface area contributed by atoms with Crippen LogP contribution in [0.3, 0.4) is 0 Å². The van der Waals surface area contributed by atoms with Crippen molar-refractivity contribution in [1.29, 1.82) is 0 Å². The fourth-order valence-corrected chi connectivity index (χ4v) is 1.66. The molecule has 0 saturated carbocycles. The number of carbonyl (C=O) groups excluding carboxylic acids is 1. The Bertz CT molecular complexity index is 363. The number of benzene rings is 1. The molecule has 3 nitrogen and oxygen atoms in total. The third-order valence-corrected chi connectivity index (χ3v) is 2.63. The first kappa shape index (κ1) is 12.2. The molecule has 0 aliphatic carbocycles. The van der Waals surface area contributed by atoms with Gasteiger partial charge in [-0.25, -0.2) is 0 Å². The summed E-state index contributed by atoms with van der Waals surface area (Å²) in [6.45, 7) is 1.72. The first-order valence-electron chi connectivity index (χ1n) is 4.64. The van der Waals surface area contributed by atoms with Gasteiger partial charge in [-0.2, -0.15) is 0 Å². The van der Waals surface area contributed by atoms with Crippen molar-refractivity contribution in [3.63, 3.8) is 0 Å². The molecule has 1 aromatic rings. The quantitative estimate of drug-likeness (QED) is 0.916. The Kier molecular flexibility index (Phi) is 4.29. The predicted octanol–water partition coefficient (Wildman–Crippen LogP) is 2.47. The molecule has 1 atom stereocenters. The molecule has 0 bridgehead atoms. The summed E-state index contributed by atoms with van der Waals surface area (Å²) in [5.74, 6) is 0.305. The van der Waals surface area contributed by atoms with Gasteiger partial charge in [-0.05, 0) is 18.2 Å². The van der Waals surface area contributed by atoms with E-state index in [-0.39, 0.29) is 5.78 Å². The predicted molar refractivity (Wildman–Crippen MR) is 61.0 cm³/mol. The number of hydrogen-bond donors (Lipinski definition) is 1. The first-order valence-corrected chi connectivity index (χ1v) is 5.43. The van der Waals surface area contributed by atoms with Crippen LogP contribution in [0.25, 0.3) is 0 Å². The van der Waals surface area contributed by atoms with Crippen molar-refractivity contribution in [3.8, 4) is 5.75 Å². The van der Waals surface area contributed by atoms with Crippen LogP contribution in [0, 0.1) is 0 Å². The lowest BCUT2D eigenvalue weighted by atomic mass is 10.0. The normalized spacial score (nSPS) is 12.3. The van der Waals surface area contributed by atoms with E-state index in [4.69, 9.17) is 4.74 Å². The second kappa shape index (κ2) is 5.28. The van der Waals surface area contributed by atoms with E-state index in [2.05, 4.69) is 15.9 Å². The minimum absolute atomic E-state index is 0.216. The van der Waals surface area contributed by atoms with E-state index in [0.717, 1.165) is 4.47 Å². The lowest BCUT2D eigenvalue weighted by molar-refractivity contribution is -0.127. The van der Waals surface area contributed by atoms with E-state index in [1.807, 2.05) is 0 Å². The number of aliphatic hydroxyl groups is 1. The van der Waals surface area contributed by atoms with E-state index in [1.54, 1.807) is 25.1 Å². The minimum Gasteiger partial charge on any atom is -0.496 e. The van der Waals surface area contributed by atoms with E-state index in [1.165, 1.54) is 7.11 Å². The summed E-state index contributed by atoms with van der Waals surface area (Å²) in [6, 6.07) is 5.20. The van der Waals surface area contributed by atoms with Crippen molar-refractivity contribution >= 4 is 21.7 Å². The number of ether oxygens (including phenoxy) is 1. The van der Waals surface area contributed by atoms with Crippen LogP contribution >= 0.6 is 15.9 Å². The van der Waals surface area contributed by atoms with E-state index >= 15 is 0 Å². The zero-order valence-electron chi connectivity index (χ0n) is 8.66. The number of ketones is 1. The summed E-state index contributed by atoms with van der Waals surface area (Å²) in [5, 5.41) is 9.78. The van der Waals surface area contributed by atoms with Crippen molar-refractivity contribution in [2.45, 2.75) is 19.4 Å². The van der Waals surface area contributed by atoms with Crippen LogP contribution < -0.4 is 4.74 Å². The van der Waals surface area contributed by atoms with Gasteiger partial charge >= 0.3 is 0 Å². The van der Waals surface area contributed by atoms with Crippen LogP contribution in [0.4, 0.5) is 0 Å². The molecule has 0 aliphatic rings. The molecule has 15 heavy (non-hydrogen) atoms. The van der Waals surface area contributed by atoms with Gasteiger partial charge in [0, 0.05) is 16.5 Å². The Hall–Kier alpha value is -0.870. The standard InChI is InChI=1S/C11H13BrO3/c1-3-9(13)11(14)8-6-7(12)4-5-10(8)15-2/h4-6,11,14H,3H2,1-2H3. The number of halogens is 1. The average molecular weight is 273 g/mol. The molecule has 1 aromatic carbocycles. The van der Waals surface area contributed by atoms with Gasteiger partial charge in [0.15, 0.2) is 5.78 Å². The lowest BCUT2D eigenvalue weighted by Gasteiger charge is -2.13. The Labute approximate surface area is 97.2 Å². The Morgan fingerprint density at radius 3 is 2.80 bits per heavy atom. The molecular formula is C11H13BrO3. The van der Waals surface area contributed by atoms with Crippen molar-refractivity contribution < 1.29 is 14.6 Å². The maximum absolute atomic E-state index is 11.4. The summed E-state index contributed by atoms with van der Waals surface area (Å²) >= 11 is 3.29. The highest BCUT2D eigenvalue weighted by molar-refractivity contribution is 9.10. The summed E-state index contributed by atoms with van der Waals surface area (Å²) in [7, 11) is 1.51. The zero-order valence-corrected chi connectivity index (χ0v) is 10.2. The van der Waals surface area contributed by atoms with Crippen molar-refractivity contribution in [3.05, 3.63) is 28.2 Å². The van der Waals surface area contributed by atoms with E-state index < -0.39 is 6.10 Å². The Morgan fingerprint density at radius 1 is 1.60 bits per heavy atom. The minimum atomic E-state index is -1.11. The maximum atomic E-state index is 11.4. The fraction of sp³-hybridized carbons (Fsp3) is 0.364. The molecule has 0 fully saturated rings. The van der Waals surface area contributed by atoms with Gasteiger partial charge in [-0.15, -0.1) is 0 Å². The monoisotopic (exact) mass is 272 g/mol. The maximum Gasteiger partial charge on any atom is 0.165 e.